The van der Waals surface area contributed by atoms with Crippen LogP contribution in [0.2, 0.25) is 0 Å². The van der Waals surface area contributed by atoms with Crippen LogP contribution in [0, 0.1) is 5.92 Å². The third-order valence-corrected chi connectivity index (χ3v) is 9.47. The fraction of sp³-hybridized carbons (Fsp3) is 0.500. The summed E-state index contributed by atoms with van der Waals surface area (Å²) in [5.41, 5.74) is 1.00. The first-order valence-electron chi connectivity index (χ1n) is 10.1. The van der Waals surface area contributed by atoms with Crippen molar-refractivity contribution >= 4 is 33.1 Å². The molecule has 5 rings (SSSR count). The molecular weight excluding hydrogens is 408 g/mol. The van der Waals surface area contributed by atoms with Gasteiger partial charge in [0.1, 0.15) is 10.0 Å². The van der Waals surface area contributed by atoms with Gasteiger partial charge in [-0.2, -0.15) is 4.31 Å². The molecule has 4 heterocycles. The third kappa shape index (κ3) is 3.67. The Morgan fingerprint density at radius 1 is 1.10 bits per heavy atom. The average Bonchev–Trinajstić information content (AvgIpc) is 3.51. The number of carbonyl (C=O) groups excluding carboxylic acids is 1. The number of pyridine rings is 1. The van der Waals surface area contributed by atoms with E-state index in [0.717, 1.165) is 35.5 Å². The molecule has 3 aliphatic rings. The number of hydrogen-bond donors (Lipinski definition) is 0. The summed E-state index contributed by atoms with van der Waals surface area (Å²) in [6.07, 6.45) is 4.50. The van der Waals surface area contributed by atoms with Crippen molar-refractivity contribution < 1.29 is 13.2 Å². The number of piperazine rings is 1. The molecule has 0 unspecified atom stereocenters. The molecule has 29 heavy (non-hydrogen) atoms. The number of thiophene rings is 1. The molecule has 2 fully saturated rings. The van der Waals surface area contributed by atoms with E-state index in [9.17, 15) is 13.2 Å². The topological polar surface area (TPSA) is 73.8 Å². The maximum atomic E-state index is 13.2. The van der Waals surface area contributed by atoms with E-state index in [0.29, 0.717) is 43.5 Å². The highest BCUT2D eigenvalue weighted by Gasteiger charge is 2.36. The fourth-order valence-electron chi connectivity index (χ4n) is 4.04. The highest BCUT2D eigenvalue weighted by molar-refractivity contribution is 7.91. The molecule has 0 atom stereocenters. The second kappa shape index (κ2) is 7.37. The molecule has 154 valence electrons. The Labute approximate surface area is 175 Å². The van der Waals surface area contributed by atoms with Crippen molar-refractivity contribution in [1.29, 1.82) is 0 Å². The van der Waals surface area contributed by atoms with Crippen molar-refractivity contribution in [2.24, 2.45) is 5.92 Å². The first-order chi connectivity index (χ1) is 14.0. The summed E-state index contributed by atoms with van der Waals surface area (Å²) >= 11 is 1.38. The van der Waals surface area contributed by atoms with Crippen LogP contribution in [0.5, 0.6) is 0 Å². The minimum Gasteiger partial charge on any atom is -0.354 e. The summed E-state index contributed by atoms with van der Waals surface area (Å²) in [5, 5.41) is 0. The van der Waals surface area contributed by atoms with Crippen molar-refractivity contribution in [3.05, 3.63) is 40.9 Å². The van der Waals surface area contributed by atoms with Crippen molar-refractivity contribution in [2.45, 2.75) is 30.0 Å². The number of anilines is 1. The van der Waals surface area contributed by atoms with Crippen LogP contribution in [0.1, 0.15) is 23.3 Å². The zero-order valence-electron chi connectivity index (χ0n) is 16.2. The van der Waals surface area contributed by atoms with Gasteiger partial charge in [-0.15, -0.1) is 11.3 Å². The number of aromatic nitrogens is 1. The normalized spacial score (nSPS) is 20.6. The van der Waals surface area contributed by atoms with E-state index < -0.39 is 10.0 Å². The molecule has 2 aromatic heterocycles. The van der Waals surface area contributed by atoms with Crippen LogP contribution in [0.4, 0.5) is 5.82 Å². The quantitative estimate of drug-likeness (QED) is 0.738. The van der Waals surface area contributed by atoms with Gasteiger partial charge in [0.15, 0.2) is 0 Å². The van der Waals surface area contributed by atoms with Crippen molar-refractivity contribution in [2.75, 3.05) is 37.6 Å². The van der Waals surface area contributed by atoms with E-state index in [2.05, 4.69) is 9.88 Å². The molecule has 0 spiro atoms. The summed E-state index contributed by atoms with van der Waals surface area (Å²) < 4.78 is 28.4. The molecule has 2 aliphatic heterocycles. The number of hydrogen-bond acceptors (Lipinski definition) is 6. The summed E-state index contributed by atoms with van der Waals surface area (Å²) in [7, 11) is -3.50. The molecule has 1 saturated heterocycles. The molecule has 0 bridgehead atoms. The van der Waals surface area contributed by atoms with Crippen LogP contribution in [-0.4, -0.2) is 61.2 Å². The van der Waals surface area contributed by atoms with E-state index in [1.807, 2.05) is 23.1 Å². The molecule has 1 saturated carbocycles. The van der Waals surface area contributed by atoms with Crippen molar-refractivity contribution in [3.63, 3.8) is 0 Å². The van der Waals surface area contributed by atoms with Crippen LogP contribution in [0.15, 0.2) is 34.7 Å². The number of amides is 1. The molecule has 2 aromatic rings. The number of carbonyl (C=O) groups is 1. The number of nitrogens with zero attached hydrogens (tertiary/aromatic N) is 4. The maximum Gasteiger partial charge on any atom is 0.252 e. The highest BCUT2D eigenvalue weighted by Crippen LogP contribution is 2.36. The van der Waals surface area contributed by atoms with Gasteiger partial charge in [-0.3, -0.25) is 4.79 Å². The molecule has 1 aliphatic carbocycles. The molecule has 1 amide bonds. The second-order valence-corrected chi connectivity index (χ2v) is 11.2. The Bertz CT molecular complexity index is 1010. The second-order valence-electron chi connectivity index (χ2n) is 7.88. The van der Waals surface area contributed by atoms with Crippen molar-refractivity contribution in [3.8, 4) is 0 Å². The smallest absolute Gasteiger partial charge is 0.252 e. The Morgan fingerprint density at radius 2 is 1.90 bits per heavy atom. The van der Waals surface area contributed by atoms with E-state index in [4.69, 9.17) is 0 Å². The van der Waals surface area contributed by atoms with Gasteiger partial charge in [0, 0.05) is 56.3 Å². The molecule has 7 nitrogen and oxygen atoms in total. The lowest BCUT2D eigenvalue weighted by Crippen LogP contribution is -2.48. The number of rotatable bonds is 4. The predicted molar refractivity (Wildman–Crippen MR) is 111 cm³/mol. The van der Waals surface area contributed by atoms with Gasteiger partial charge in [-0.1, -0.05) is 6.07 Å². The van der Waals surface area contributed by atoms with Gasteiger partial charge in [-0.25, -0.2) is 13.4 Å². The third-order valence-electron chi connectivity index (χ3n) is 5.89. The van der Waals surface area contributed by atoms with Gasteiger partial charge in [0.2, 0.25) is 5.91 Å². The van der Waals surface area contributed by atoms with Crippen LogP contribution in [-0.2, 0) is 27.8 Å². The van der Waals surface area contributed by atoms with Crippen LogP contribution in [0.3, 0.4) is 0 Å². The van der Waals surface area contributed by atoms with Gasteiger partial charge in [0.05, 0.1) is 0 Å². The van der Waals surface area contributed by atoms with Crippen LogP contribution in [0.25, 0.3) is 0 Å². The Balaban J connectivity index is 1.28. The molecule has 0 radical (unpaired) electrons. The largest absolute Gasteiger partial charge is 0.354 e. The lowest BCUT2D eigenvalue weighted by Gasteiger charge is -2.34. The van der Waals surface area contributed by atoms with E-state index in [-0.39, 0.29) is 11.8 Å². The van der Waals surface area contributed by atoms with Gasteiger partial charge >= 0.3 is 0 Å². The number of sulfonamides is 1. The standard InChI is InChI=1S/C20H24N4O3S2/c25-20(15-4-5-15)23-8-6-17-16(14-23)13-19(28-17)29(26,27)24-11-9-22(10-12-24)18-3-1-2-7-21-18/h1-3,7,13,15H,4-6,8-12,14H2. The van der Waals surface area contributed by atoms with Gasteiger partial charge < -0.3 is 9.80 Å². The average molecular weight is 433 g/mol. The van der Waals surface area contributed by atoms with Crippen LogP contribution >= 0.6 is 11.3 Å². The molecule has 0 aromatic carbocycles. The monoisotopic (exact) mass is 432 g/mol. The minimum absolute atomic E-state index is 0.203. The maximum absolute atomic E-state index is 13.2. The predicted octanol–water partition coefficient (Wildman–Crippen LogP) is 1.95. The summed E-state index contributed by atoms with van der Waals surface area (Å²) in [5.74, 6) is 1.32. The van der Waals surface area contributed by atoms with Crippen molar-refractivity contribution in [1.82, 2.24) is 14.2 Å². The van der Waals surface area contributed by atoms with E-state index in [1.165, 1.54) is 11.3 Å². The SMILES string of the molecule is O=C(C1CC1)N1CCc2sc(S(=O)(=O)N3CCN(c4ccccn4)CC3)cc2C1. The Hall–Kier alpha value is -1.97. The molecule has 9 heteroatoms. The lowest BCUT2D eigenvalue weighted by molar-refractivity contribution is -0.133. The zero-order valence-corrected chi connectivity index (χ0v) is 17.8. The summed E-state index contributed by atoms with van der Waals surface area (Å²) in [6.45, 7) is 3.41. The minimum atomic E-state index is -3.50. The highest BCUT2D eigenvalue weighted by atomic mass is 32.2. The van der Waals surface area contributed by atoms with Gasteiger partial charge in [-0.05, 0) is 43.0 Å². The summed E-state index contributed by atoms with van der Waals surface area (Å²) in [6, 6.07) is 7.57. The lowest BCUT2D eigenvalue weighted by atomic mass is 10.1. The van der Waals surface area contributed by atoms with E-state index in [1.54, 1.807) is 16.6 Å². The summed E-state index contributed by atoms with van der Waals surface area (Å²) in [4.78, 5) is 21.8. The molecule has 0 N–H and O–H groups in total. The molecular formula is C20H24N4O3S2. The zero-order chi connectivity index (χ0) is 20.0. The number of fused-ring (bicyclic) bond motifs is 1. The fourth-order valence-corrected chi connectivity index (χ4v) is 7.16. The first kappa shape index (κ1) is 19.0. The Morgan fingerprint density at radius 3 is 2.59 bits per heavy atom. The van der Waals surface area contributed by atoms with Gasteiger partial charge in [0.25, 0.3) is 10.0 Å². The Kier molecular flexibility index (Phi) is 4.84. The first-order valence-corrected chi connectivity index (χ1v) is 12.3. The van der Waals surface area contributed by atoms with Crippen LogP contribution < -0.4 is 4.90 Å². The van der Waals surface area contributed by atoms with E-state index >= 15 is 0 Å².